The van der Waals surface area contributed by atoms with Crippen LogP contribution in [0.5, 0.6) is 0 Å². The fraction of sp³-hybridized carbons (Fsp3) is 0.857. The van der Waals surface area contributed by atoms with Gasteiger partial charge in [-0.1, -0.05) is 12.8 Å². The van der Waals surface area contributed by atoms with Gasteiger partial charge in [0.05, 0.1) is 6.04 Å². The zero-order valence-electron chi connectivity index (χ0n) is 5.84. The summed E-state index contributed by atoms with van der Waals surface area (Å²) in [4.78, 5) is 4.33. The first-order valence-corrected chi connectivity index (χ1v) is 4.28. The van der Waals surface area contributed by atoms with Crippen molar-refractivity contribution in [1.82, 2.24) is 5.32 Å². The quantitative estimate of drug-likeness (QED) is 0.523. The third kappa shape index (κ3) is 0.985. The van der Waals surface area contributed by atoms with Crippen molar-refractivity contribution in [2.24, 2.45) is 4.99 Å². The molecule has 1 aliphatic carbocycles. The zero-order chi connectivity index (χ0) is 6.97. The molecule has 10 heavy (non-hydrogen) atoms. The van der Waals surface area contributed by atoms with Crippen LogP contribution in [0.3, 0.4) is 0 Å². The van der Waals surface area contributed by atoms with Gasteiger partial charge in [-0.25, -0.2) is 0 Å². The van der Waals surface area contributed by atoms with E-state index in [-0.39, 0.29) is 0 Å². The van der Waals surface area contributed by atoms with Crippen molar-refractivity contribution in [3.8, 4) is 0 Å². The smallest absolute Gasteiger partial charge is 0.0699 e. The Morgan fingerprint density at radius 3 is 3.00 bits per heavy atom. The number of hydrogen-bond acceptors (Lipinski definition) is 3. The average molecular weight is 155 g/mol. The van der Waals surface area contributed by atoms with E-state index in [2.05, 4.69) is 10.3 Å². The summed E-state index contributed by atoms with van der Waals surface area (Å²) in [6.45, 7) is 0. The normalized spacial score (nSPS) is 38.2. The Labute approximate surface area is 66.5 Å². The highest BCUT2D eigenvalue weighted by atomic mass is 32.1. The Hall–Kier alpha value is -0.310. The van der Waals surface area contributed by atoms with Crippen LogP contribution < -0.4 is 5.32 Å². The minimum absolute atomic E-state index is 0.515. The van der Waals surface area contributed by atoms with Crippen LogP contribution in [0.4, 0.5) is 0 Å². The summed E-state index contributed by atoms with van der Waals surface area (Å²) in [6, 6.07) is 1.10. The van der Waals surface area contributed by atoms with Gasteiger partial charge in [0.25, 0.3) is 0 Å². The summed E-state index contributed by atoms with van der Waals surface area (Å²) in [7, 11) is 0. The fourth-order valence-corrected chi connectivity index (χ4v) is 2.07. The van der Waals surface area contributed by atoms with Crippen LogP contribution in [0, 0.1) is 0 Å². The van der Waals surface area contributed by atoms with Crippen molar-refractivity contribution >= 4 is 17.8 Å². The van der Waals surface area contributed by atoms with Crippen molar-refractivity contribution in [3.63, 3.8) is 0 Å². The number of nitrogens with zero attached hydrogens (tertiary/aromatic N) is 1. The van der Waals surface area contributed by atoms with E-state index in [0.29, 0.717) is 12.1 Å². The van der Waals surface area contributed by atoms with E-state index < -0.39 is 0 Å². The van der Waals surface area contributed by atoms with Gasteiger partial charge in [-0.2, -0.15) is 0 Å². The van der Waals surface area contributed by atoms with Crippen LogP contribution in [-0.2, 0) is 12.6 Å². The molecular weight excluding hydrogens is 144 g/mol. The first-order valence-electron chi connectivity index (χ1n) is 3.87. The van der Waals surface area contributed by atoms with E-state index in [1.54, 1.807) is 0 Å². The van der Waals surface area contributed by atoms with Crippen molar-refractivity contribution in [3.05, 3.63) is 0 Å². The highest BCUT2D eigenvalue weighted by molar-refractivity contribution is 7.77. The van der Waals surface area contributed by atoms with Gasteiger partial charge in [0, 0.05) is 6.04 Å². The summed E-state index contributed by atoms with van der Waals surface area (Å²) >= 11 is 4.96. The lowest BCUT2D eigenvalue weighted by Crippen LogP contribution is -2.36. The Bertz CT molecular complexity index is 167. The largest absolute Gasteiger partial charge is 0.743 e. The van der Waals surface area contributed by atoms with Gasteiger partial charge >= 0.3 is 0 Å². The lowest BCUT2D eigenvalue weighted by molar-refractivity contribution is 0.385. The van der Waals surface area contributed by atoms with Gasteiger partial charge in [-0.15, -0.1) is 0 Å². The highest BCUT2D eigenvalue weighted by Gasteiger charge is 2.26. The topological polar surface area (TPSA) is 24.4 Å². The molecule has 3 heteroatoms. The van der Waals surface area contributed by atoms with Gasteiger partial charge in [0.2, 0.25) is 0 Å². The predicted octanol–water partition coefficient (Wildman–Crippen LogP) is 0.804. The van der Waals surface area contributed by atoms with Gasteiger partial charge in [0.15, 0.2) is 0 Å². The molecule has 1 fully saturated rings. The molecule has 1 N–H and O–H groups in total. The standard InChI is InChI=1S/C7H12N2S/c10-7-8-5-3-1-2-4-6(5)9-7/h5-6H,1-4H2,(H2,8,9,10)/p-1/t5-,6-/m1/s1. The van der Waals surface area contributed by atoms with Gasteiger partial charge < -0.3 is 17.9 Å². The number of nitrogens with one attached hydrogen (secondary N) is 1. The van der Waals surface area contributed by atoms with Crippen LogP contribution in [0.2, 0.25) is 0 Å². The first-order chi connectivity index (χ1) is 4.86. The van der Waals surface area contributed by atoms with Crippen LogP contribution >= 0.6 is 0 Å². The summed E-state index contributed by atoms with van der Waals surface area (Å²) in [5.74, 6) is 0. The van der Waals surface area contributed by atoms with Gasteiger partial charge in [0.1, 0.15) is 0 Å². The van der Waals surface area contributed by atoms with Crippen molar-refractivity contribution in [1.29, 1.82) is 0 Å². The summed E-state index contributed by atoms with van der Waals surface area (Å²) < 4.78 is 0. The molecule has 1 saturated carbocycles. The molecule has 0 spiro atoms. The first kappa shape index (κ1) is 6.40. The second-order valence-corrected chi connectivity index (χ2v) is 3.42. The minimum atomic E-state index is 0.515. The summed E-state index contributed by atoms with van der Waals surface area (Å²) in [5.41, 5.74) is 0. The molecule has 1 heterocycles. The van der Waals surface area contributed by atoms with Crippen LogP contribution in [0.1, 0.15) is 25.7 Å². The van der Waals surface area contributed by atoms with Gasteiger partial charge in [-0.3, -0.25) is 4.99 Å². The average Bonchev–Trinajstić information content (AvgIpc) is 2.27. The molecule has 0 aromatic carbocycles. The third-order valence-electron chi connectivity index (χ3n) is 2.32. The maximum Gasteiger partial charge on any atom is 0.0699 e. The molecule has 2 atom stereocenters. The second kappa shape index (κ2) is 2.38. The predicted molar refractivity (Wildman–Crippen MR) is 44.0 cm³/mol. The Kier molecular flexibility index (Phi) is 1.52. The zero-order valence-corrected chi connectivity index (χ0v) is 6.66. The third-order valence-corrected chi connectivity index (χ3v) is 2.54. The van der Waals surface area contributed by atoms with Gasteiger partial charge in [-0.05, 0) is 18.0 Å². The van der Waals surface area contributed by atoms with E-state index in [4.69, 9.17) is 12.6 Å². The van der Waals surface area contributed by atoms with E-state index in [0.717, 1.165) is 5.17 Å². The Balaban J connectivity index is 2.06. The maximum atomic E-state index is 4.96. The molecule has 0 unspecified atom stereocenters. The number of aliphatic imine (C=N–C) groups is 1. The second-order valence-electron chi connectivity index (χ2n) is 3.04. The lowest BCUT2D eigenvalue weighted by atomic mass is 9.92. The molecule has 0 radical (unpaired) electrons. The molecule has 0 saturated heterocycles. The molecule has 0 amide bonds. The molecule has 2 aliphatic rings. The van der Waals surface area contributed by atoms with Crippen molar-refractivity contribution in [2.45, 2.75) is 37.8 Å². The van der Waals surface area contributed by atoms with E-state index in [1.807, 2.05) is 0 Å². The van der Waals surface area contributed by atoms with Crippen molar-refractivity contribution in [2.75, 3.05) is 0 Å². The molecule has 2 rings (SSSR count). The minimum Gasteiger partial charge on any atom is -0.743 e. The number of fused-ring (bicyclic) bond motifs is 1. The summed E-state index contributed by atoms with van der Waals surface area (Å²) in [5, 5.41) is 3.95. The fourth-order valence-electron chi connectivity index (χ4n) is 1.78. The molecule has 2 nitrogen and oxygen atoms in total. The SMILES string of the molecule is [S-]C1=N[C@@H]2CCCC[C@H]2N1. The van der Waals surface area contributed by atoms with E-state index >= 15 is 0 Å². The lowest BCUT2D eigenvalue weighted by Gasteiger charge is -2.23. The Morgan fingerprint density at radius 2 is 2.20 bits per heavy atom. The van der Waals surface area contributed by atoms with Crippen LogP contribution in [-0.4, -0.2) is 17.3 Å². The van der Waals surface area contributed by atoms with Crippen LogP contribution in [0.25, 0.3) is 0 Å². The number of amidine groups is 1. The van der Waals surface area contributed by atoms with Crippen LogP contribution in [0.15, 0.2) is 4.99 Å². The summed E-state index contributed by atoms with van der Waals surface area (Å²) in [6.07, 6.45) is 5.16. The molecule has 0 bridgehead atoms. The highest BCUT2D eigenvalue weighted by Crippen LogP contribution is 2.24. The molecule has 0 aromatic rings. The number of rotatable bonds is 0. The molecule has 56 valence electrons. The molecule has 0 aromatic heterocycles. The number of hydrogen-bond donors (Lipinski definition) is 1. The molecular formula is C7H11N2S-. The Morgan fingerprint density at radius 1 is 1.40 bits per heavy atom. The van der Waals surface area contributed by atoms with E-state index in [1.165, 1.54) is 25.7 Å². The van der Waals surface area contributed by atoms with E-state index in [9.17, 15) is 0 Å². The molecule has 1 aliphatic heterocycles. The monoisotopic (exact) mass is 155 g/mol. The maximum absolute atomic E-state index is 4.96. The van der Waals surface area contributed by atoms with Crippen molar-refractivity contribution < 1.29 is 0 Å².